The van der Waals surface area contributed by atoms with Crippen LogP contribution in [0.5, 0.6) is 0 Å². The Kier molecular flexibility index (Phi) is 5.29. The first-order valence-corrected chi connectivity index (χ1v) is 9.54. The summed E-state index contributed by atoms with van der Waals surface area (Å²) in [5, 5.41) is 0.753. The van der Waals surface area contributed by atoms with E-state index in [9.17, 15) is 4.79 Å². The zero-order valence-electron chi connectivity index (χ0n) is 16.1. The number of rotatable bonds is 2. The number of carbonyl (C=O) groups is 1. The summed E-state index contributed by atoms with van der Waals surface area (Å²) in [5.41, 5.74) is 4.49. The Bertz CT molecular complexity index is 785. The number of carbonyl (C=O) groups excluding carboxylic acids is 1. The van der Waals surface area contributed by atoms with Crippen molar-refractivity contribution in [3.63, 3.8) is 0 Å². The summed E-state index contributed by atoms with van der Waals surface area (Å²) in [4.78, 5) is 17.1. The van der Waals surface area contributed by atoms with Gasteiger partial charge in [0.25, 0.3) is 5.91 Å². The van der Waals surface area contributed by atoms with E-state index >= 15 is 0 Å². The Morgan fingerprint density at radius 2 is 1.58 bits per heavy atom. The molecule has 2 aromatic rings. The third-order valence-electron chi connectivity index (χ3n) is 5.08. The minimum absolute atomic E-state index is 0.0992. The molecular weight excluding hydrogens is 344 g/mol. The second-order valence-electron chi connectivity index (χ2n) is 8.04. The van der Waals surface area contributed by atoms with Crippen molar-refractivity contribution in [1.82, 2.24) is 4.90 Å². The molecule has 1 aliphatic heterocycles. The highest BCUT2D eigenvalue weighted by molar-refractivity contribution is 6.30. The Morgan fingerprint density at radius 1 is 0.962 bits per heavy atom. The van der Waals surface area contributed by atoms with Crippen molar-refractivity contribution in [2.24, 2.45) is 0 Å². The number of aryl methyl sites for hydroxylation is 1. The van der Waals surface area contributed by atoms with Crippen LogP contribution in [0.25, 0.3) is 0 Å². The molecular formula is C22H27ClN2O. The van der Waals surface area contributed by atoms with Gasteiger partial charge in [0.1, 0.15) is 0 Å². The van der Waals surface area contributed by atoms with Crippen molar-refractivity contribution in [3.05, 3.63) is 64.2 Å². The lowest BCUT2D eigenvalue weighted by Crippen LogP contribution is -2.49. The van der Waals surface area contributed by atoms with Gasteiger partial charge in [-0.2, -0.15) is 0 Å². The first kappa shape index (κ1) is 18.8. The molecule has 0 radical (unpaired) electrons. The fourth-order valence-electron chi connectivity index (χ4n) is 3.37. The zero-order valence-corrected chi connectivity index (χ0v) is 16.8. The maximum Gasteiger partial charge on any atom is 0.253 e. The summed E-state index contributed by atoms with van der Waals surface area (Å²) in [6.07, 6.45) is 0. The molecule has 0 bridgehead atoms. The summed E-state index contributed by atoms with van der Waals surface area (Å²) < 4.78 is 0. The molecule has 1 heterocycles. The number of hydrogen-bond donors (Lipinski definition) is 0. The first-order chi connectivity index (χ1) is 12.3. The molecule has 0 atom stereocenters. The molecule has 0 unspecified atom stereocenters. The molecule has 26 heavy (non-hydrogen) atoms. The number of piperazine rings is 1. The van der Waals surface area contributed by atoms with Crippen LogP contribution in [-0.2, 0) is 5.41 Å². The first-order valence-electron chi connectivity index (χ1n) is 9.16. The van der Waals surface area contributed by atoms with E-state index in [0.29, 0.717) is 0 Å². The van der Waals surface area contributed by atoms with Crippen LogP contribution in [0.1, 0.15) is 42.3 Å². The molecule has 0 aliphatic carbocycles. The lowest BCUT2D eigenvalue weighted by molar-refractivity contribution is 0.0746. The molecule has 1 aliphatic rings. The molecule has 138 valence electrons. The van der Waals surface area contributed by atoms with Gasteiger partial charge in [0.15, 0.2) is 0 Å². The van der Waals surface area contributed by atoms with Crippen LogP contribution >= 0.6 is 11.6 Å². The summed E-state index contributed by atoms with van der Waals surface area (Å²) in [5.74, 6) is 0.118. The summed E-state index contributed by atoms with van der Waals surface area (Å²) in [7, 11) is 0. The summed E-state index contributed by atoms with van der Waals surface area (Å²) >= 11 is 6.15. The van der Waals surface area contributed by atoms with E-state index in [1.165, 1.54) is 16.8 Å². The highest BCUT2D eigenvalue weighted by Gasteiger charge is 2.23. The van der Waals surface area contributed by atoms with E-state index in [0.717, 1.165) is 36.8 Å². The Balaban J connectivity index is 1.66. The van der Waals surface area contributed by atoms with Gasteiger partial charge in [-0.15, -0.1) is 0 Å². The van der Waals surface area contributed by atoms with E-state index in [2.05, 4.69) is 44.7 Å². The van der Waals surface area contributed by atoms with Crippen LogP contribution in [0.3, 0.4) is 0 Å². The molecule has 3 rings (SSSR count). The number of halogens is 1. The highest BCUT2D eigenvalue weighted by atomic mass is 35.5. The van der Waals surface area contributed by atoms with Crippen molar-refractivity contribution >= 4 is 23.2 Å². The van der Waals surface area contributed by atoms with E-state index in [1.807, 2.05) is 35.2 Å². The lowest BCUT2D eigenvalue weighted by atomic mass is 9.86. The molecule has 0 saturated carbocycles. The second kappa shape index (κ2) is 7.32. The molecule has 0 spiro atoms. The van der Waals surface area contributed by atoms with Gasteiger partial charge in [-0.3, -0.25) is 4.79 Å². The maximum atomic E-state index is 12.8. The Morgan fingerprint density at radius 3 is 2.15 bits per heavy atom. The molecule has 1 fully saturated rings. The predicted molar refractivity (Wildman–Crippen MR) is 109 cm³/mol. The van der Waals surface area contributed by atoms with Gasteiger partial charge in [-0.25, -0.2) is 0 Å². The molecule has 3 nitrogen and oxygen atoms in total. The van der Waals surface area contributed by atoms with Gasteiger partial charge in [0, 0.05) is 42.5 Å². The number of anilines is 1. The van der Waals surface area contributed by atoms with Gasteiger partial charge in [0.2, 0.25) is 0 Å². The van der Waals surface area contributed by atoms with Crippen LogP contribution < -0.4 is 4.90 Å². The van der Waals surface area contributed by atoms with Crippen LogP contribution in [0, 0.1) is 6.92 Å². The average molecular weight is 371 g/mol. The van der Waals surface area contributed by atoms with Crippen LogP contribution in [0.2, 0.25) is 5.02 Å². The molecule has 1 amide bonds. The van der Waals surface area contributed by atoms with Gasteiger partial charge in [-0.05, 0) is 47.7 Å². The number of benzene rings is 2. The number of hydrogen-bond acceptors (Lipinski definition) is 2. The molecule has 4 heteroatoms. The van der Waals surface area contributed by atoms with Gasteiger partial charge in [-0.1, -0.05) is 50.6 Å². The average Bonchev–Trinajstić information content (AvgIpc) is 2.63. The van der Waals surface area contributed by atoms with Gasteiger partial charge in [0.05, 0.1) is 0 Å². The second-order valence-corrected chi connectivity index (χ2v) is 8.47. The van der Waals surface area contributed by atoms with E-state index in [4.69, 9.17) is 11.6 Å². The highest BCUT2D eigenvalue weighted by Crippen LogP contribution is 2.26. The summed E-state index contributed by atoms with van der Waals surface area (Å²) in [6, 6.07) is 14.0. The van der Waals surface area contributed by atoms with E-state index in [1.54, 1.807) is 0 Å². The Hall–Kier alpha value is -2.00. The SMILES string of the molecule is Cc1ccc(Cl)cc1N1CCN(C(=O)c2ccc(C(C)(C)C)cc2)CC1. The van der Waals surface area contributed by atoms with Gasteiger partial charge >= 0.3 is 0 Å². The number of amides is 1. The van der Waals surface area contributed by atoms with Crippen molar-refractivity contribution in [1.29, 1.82) is 0 Å². The van der Waals surface area contributed by atoms with Crippen molar-refractivity contribution in [3.8, 4) is 0 Å². The van der Waals surface area contributed by atoms with Crippen molar-refractivity contribution < 1.29 is 4.79 Å². The molecule has 2 aromatic carbocycles. The minimum Gasteiger partial charge on any atom is -0.368 e. The fourth-order valence-corrected chi connectivity index (χ4v) is 3.54. The zero-order chi connectivity index (χ0) is 18.9. The largest absolute Gasteiger partial charge is 0.368 e. The third kappa shape index (κ3) is 4.04. The van der Waals surface area contributed by atoms with Crippen LogP contribution in [-0.4, -0.2) is 37.0 Å². The monoisotopic (exact) mass is 370 g/mol. The molecule has 0 aromatic heterocycles. The normalized spacial score (nSPS) is 15.3. The van der Waals surface area contributed by atoms with Crippen LogP contribution in [0.15, 0.2) is 42.5 Å². The maximum absolute atomic E-state index is 12.8. The number of nitrogens with zero attached hydrogens (tertiary/aromatic N) is 2. The van der Waals surface area contributed by atoms with Crippen LogP contribution in [0.4, 0.5) is 5.69 Å². The van der Waals surface area contributed by atoms with Crippen molar-refractivity contribution in [2.75, 3.05) is 31.1 Å². The lowest BCUT2D eigenvalue weighted by Gasteiger charge is -2.37. The minimum atomic E-state index is 0.0992. The standard InChI is InChI=1S/C22H27ClN2O/c1-16-5-10-19(23)15-20(16)24-11-13-25(14-12-24)21(26)17-6-8-18(9-7-17)22(2,3)4/h5-10,15H,11-14H2,1-4H3. The Labute approximate surface area is 161 Å². The predicted octanol–water partition coefficient (Wildman–Crippen LogP) is 4.91. The van der Waals surface area contributed by atoms with E-state index < -0.39 is 0 Å². The fraction of sp³-hybridized carbons (Fsp3) is 0.409. The molecule has 1 saturated heterocycles. The van der Waals surface area contributed by atoms with Gasteiger partial charge < -0.3 is 9.80 Å². The van der Waals surface area contributed by atoms with Crippen molar-refractivity contribution in [2.45, 2.75) is 33.1 Å². The summed E-state index contributed by atoms with van der Waals surface area (Å²) in [6.45, 7) is 11.8. The smallest absolute Gasteiger partial charge is 0.253 e. The molecule has 0 N–H and O–H groups in total. The topological polar surface area (TPSA) is 23.6 Å². The third-order valence-corrected chi connectivity index (χ3v) is 5.31. The van der Waals surface area contributed by atoms with E-state index in [-0.39, 0.29) is 11.3 Å². The quantitative estimate of drug-likeness (QED) is 0.750.